The molecule has 0 spiro atoms. The van der Waals surface area contributed by atoms with E-state index in [4.69, 9.17) is 23.2 Å². The largest absolute Gasteiger partial charge is 0.435 e. The lowest BCUT2D eigenvalue weighted by Gasteiger charge is -2.14. The SMILES string of the molecule is Cc1cc(Cl)cc(Cl)c1-n1nnc(C(=O)NS(=O)(=O)c2c(F)cc(F)cc2F)c1C(F)(F)F. The molecule has 16 heteroatoms. The van der Waals surface area contributed by atoms with E-state index in [-0.39, 0.29) is 38.1 Å². The van der Waals surface area contributed by atoms with Crippen molar-refractivity contribution in [3.05, 3.63) is 68.7 Å². The van der Waals surface area contributed by atoms with E-state index >= 15 is 0 Å². The lowest BCUT2D eigenvalue weighted by Crippen LogP contribution is -2.34. The number of carbonyl (C=O) groups excluding carboxylic acids is 1. The van der Waals surface area contributed by atoms with Gasteiger partial charge in [0.2, 0.25) is 0 Å². The summed E-state index contributed by atoms with van der Waals surface area (Å²) in [6.07, 6.45) is -5.32. The Morgan fingerprint density at radius 1 is 1.06 bits per heavy atom. The van der Waals surface area contributed by atoms with Gasteiger partial charge >= 0.3 is 6.18 Å². The van der Waals surface area contributed by atoms with Crippen molar-refractivity contribution in [3.63, 3.8) is 0 Å². The number of aryl methyl sites for hydroxylation is 1. The summed E-state index contributed by atoms with van der Waals surface area (Å²) in [7, 11) is -5.43. The van der Waals surface area contributed by atoms with Crippen molar-refractivity contribution >= 4 is 39.1 Å². The maximum absolute atomic E-state index is 13.8. The minimum absolute atomic E-state index is 0.00481. The van der Waals surface area contributed by atoms with E-state index in [1.165, 1.54) is 13.0 Å². The molecule has 3 rings (SSSR count). The zero-order valence-corrected chi connectivity index (χ0v) is 18.1. The van der Waals surface area contributed by atoms with Crippen LogP contribution < -0.4 is 4.72 Å². The highest BCUT2D eigenvalue weighted by Crippen LogP contribution is 2.36. The van der Waals surface area contributed by atoms with Gasteiger partial charge in [0.25, 0.3) is 15.9 Å². The van der Waals surface area contributed by atoms with Crippen LogP contribution >= 0.6 is 23.2 Å². The summed E-state index contributed by atoms with van der Waals surface area (Å²) in [4.78, 5) is 10.6. The molecule has 1 N–H and O–H groups in total. The first-order chi connectivity index (χ1) is 15.1. The van der Waals surface area contributed by atoms with Gasteiger partial charge in [-0.05, 0) is 24.6 Å². The predicted octanol–water partition coefficient (Wildman–Crippen LogP) is 4.44. The Morgan fingerprint density at radius 3 is 2.15 bits per heavy atom. The average molecular weight is 533 g/mol. The van der Waals surface area contributed by atoms with Gasteiger partial charge in [-0.1, -0.05) is 28.4 Å². The molecule has 7 nitrogen and oxygen atoms in total. The smallest absolute Gasteiger partial charge is 0.266 e. The topological polar surface area (TPSA) is 93.9 Å². The molecular weight excluding hydrogens is 525 g/mol. The maximum Gasteiger partial charge on any atom is 0.435 e. The second-order valence-electron chi connectivity index (χ2n) is 6.38. The number of amides is 1. The molecule has 3 aromatic rings. The standard InChI is InChI=1S/C17H8Cl2F6N4O3S/c1-6-2-7(18)3-9(19)13(6)29-15(17(23,24)25)12(26-28-29)16(30)27-33(31,32)14-10(21)4-8(20)5-11(14)22/h2-5H,1H3,(H,27,30). The minimum Gasteiger partial charge on any atom is -0.266 e. The van der Waals surface area contributed by atoms with Gasteiger partial charge in [-0.15, -0.1) is 5.10 Å². The average Bonchev–Trinajstić information content (AvgIpc) is 3.04. The van der Waals surface area contributed by atoms with Crippen molar-refractivity contribution in [1.29, 1.82) is 0 Å². The normalized spacial score (nSPS) is 12.2. The van der Waals surface area contributed by atoms with E-state index in [1.54, 1.807) is 0 Å². The molecule has 33 heavy (non-hydrogen) atoms. The van der Waals surface area contributed by atoms with Gasteiger partial charge in [0.15, 0.2) is 16.3 Å². The van der Waals surface area contributed by atoms with Gasteiger partial charge < -0.3 is 0 Å². The van der Waals surface area contributed by atoms with Crippen molar-refractivity contribution in [2.45, 2.75) is 18.0 Å². The van der Waals surface area contributed by atoms with Crippen molar-refractivity contribution < 1.29 is 39.6 Å². The van der Waals surface area contributed by atoms with Crippen molar-refractivity contribution in [3.8, 4) is 5.69 Å². The molecule has 176 valence electrons. The van der Waals surface area contributed by atoms with Crippen LogP contribution in [0.4, 0.5) is 26.3 Å². The number of alkyl halides is 3. The third kappa shape index (κ3) is 4.77. The quantitative estimate of drug-likeness (QED) is 0.501. The molecule has 0 aliphatic rings. The molecule has 0 aliphatic heterocycles. The lowest BCUT2D eigenvalue weighted by atomic mass is 10.2. The highest BCUT2D eigenvalue weighted by molar-refractivity contribution is 7.90. The fraction of sp³-hybridized carbons (Fsp3) is 0.118. The summed E-state index contributed by atoms with van der Waals surface area (Å²) in [6.45, 7) is 1.33. The monoisotopic (exact) mass is 532 g/mol. The van der Waals surface area contributed by atoms with Crippen molar-refractivity contribution in [1.82, 2.24) is 19.7 Å². The van der Waals surface area contributed by atoms with Gasteiger partial charge in [-0.3, -0.25) is 4.79 Å². The summed E-state index contributed by atoms with van der Waals surface area (Å²) in [5.74, 6) is -7.32. The molecule has 1 aromatic heterocycles. The Balaban J connectivity index is 2.13. The van der Waals surface area contributed by atoms with Crippen LogP contribution in [0.25, 0.3) is 5.69 Å². The first kappa shape index (κ1) is 24.8. The summed E-state index contributed by atoms with van der Waals surface area (Å²) < 4.78 is 108. The van der Waals surface area contributed by atoms with E-state index in [9.17, 15) is 39.6 Å². The Hall–Kier alpha value is -2.84. The highest BCUT2D eigenvalue weighted by atomic mass is 35.5. The van der Waals surface area contributed by atoms with E-state index in [0.29, 0.717) is 0 Å². The molecule has 0 aliphatic carbocycles. The van der Waals surface area contributed by atoms with Crippen LogP contribution in [-0.4, -0.2) is 29.3 Å². The number of rotatable bonds is 4. The number of sulfonamides is 1. The molecule has 0 unspecified atom stereocenters. The van der Waals surface area contributed by atoms with E-state index in [2.05, 4.69) is 10.3 Å². The van der Waals surface area contributed by atoms with Gasteiger partial charge in [0.1, 0.15) is 17.5 Å². The summed E-state index contributed by atoms with van der Waals surface area (Å²) in [6, 6.07) is 2.35. The van der Waals surface area contributed by atoms with E-state index in [0.717, 1.165) is 10.8 Å². The molecule has 0 saturated heterocycles. The third-order valence-electron chi connectivity index (χ3n) is 4.04. The van der Waals surface area contributed by atoms with Crippen molar-refractivity contribution in [2.75, 3.05) is 0 Å². The first-order valence-electron chi connectivity index (χ1n) is 8.34. The van der Waals surface area contributed by atoms with E-state index < -0.39 is 55.8 Å². The van der Waals surface area contributed by atoms with Gasteiger partial charge in [-0.2, -0.15) is 13.2 Å². The van der Waals surface area contributed by atoms with Crippen molar-refractivity contribution in [2.24, 2.45) is 0 Å². The summed E-state index contributed by atoms with van der Waals surface area (Å²) >= 11 is 11.8. The maximum atomic E-state index is 13.8. The van der Waals surface area contributed by atoms with Crippen LogP contribution in [0.15, 0.2) is 29.2 Å². The Bertz CT molecular complexity index is 1350. The number of aromatic nitrogens is 3. The minimum atomic E-state index is -5.43. The number of halogens is 8. The second kappa shape index (κ2) is 8.50. The zero-order chi connectivity index (χ0) is 24.9. The number of nitrogens with zero attached hydrogens (tertiary/aromatic N) is 3. The van der Waals surface area contributed by atoms with Crippen LogP contribution in [0.1, 0.15) is 21.7 Å². The number of benzene rings is 2. The molecule has 0 fully saturated rings. The Kier molecular flexibility index (Phi) is 6.39. The van der Waals surface area contributed by atoms with E-state index in [1.807, 2.05) is 0 Å². The highest BCUT2D eigenvalue weighted by Gasteiger charge is 2.43. The van der Waals surface area contributed by atoms with Crippen LogP contribution in [0.3, 0.4) is 0 Å². The second-order valence-corrected chi connectivity index (χ2v) is 8.85. The van der Waals surface area contributed by atoms with Crippen LogP contribution in [0, 0.1) is 24.4 Å². The zero-order valence-electron chi connectivity index (χ0n) is 15.8. The molecule has 0 bridgehead atoms. The molecule has 0 radical (unpaired) electrons. The van der Waals surface area contributed by atoms with Gasteiger partial charge in [0.05, 0.1) is 10.7 Å². The molecular formula is C17H8Cl2F6N4O3S. The third-order valence-corrected chi connectivity index (χ3v) is 5.93. The van der Waals surface area contributed by atoms with Gasteiger partial charge in [-0.25, -0.2) is 31.0 Å². The lowest BCUT2D eigenvalue weighted by molar-refractivity contribution is -0.143. The number of nitrogens with one attached hydrogen (secondary N) is 1. The first-order valence-corrected chi connectivity index (χ1v) is 10.6. The molecule has 1 heterocycles. The fourth-order valence-electron chi connectivity index (χ4n) is 2.82. The van der Waals surface area contributed by atoms with Crippen LogP contribution in [0.5, 0.6) is 0 Å². The molecule has 0 saturated carbocycles. The molecule has 0 atom stereocenters. The number of carbonyl (C=O) groups is 1. The fourth-order valence-corrected chi connectivity index (χ4v) is 4.56. The predicted molar refractivity (Wildman–Crippen MR) is 102 cm³/mol. The Morgan fingerprint density at radius 2 is 1.64 bits per heavy atom. The summed E-state index contributed by atoms with van der Waals surface area (Å²) in [5.41, 5.74) is -3.64. The number of hydrogen-bond acceptors (Lipinski definition) is 5. The summed E-state index contributed by atoms with van der Waals surface area (Å²) in [5, 5.41) is 6.10. The van der Waals surface area contributed by atoms with Gasteiger partial charge in [0, 0.05) is 17.2 Å². The van der Waals surface area contributed by atoms with Crippen LogP contribution in [-0.2, 0) is 16.2 Å². The number of hydrogen-bond donors (Lipinski definition) is 1. The molecule has 2 aromatic carbocycles. The Labute approximate surface area is 191 Å². The molecule has 1 amide bonds. The van der Waals surface area contributed by atoms with Crippen LogP contribution in [0.2, 0.25) is 10.0 Å².